The predicted octanol–water partition coefficient (Wildman–Crippen LogP) is 2.17. The minimum Gasteiger partial charge on any atom is -0.508 e. The smallest absolute Gasteiger partial charge is 0.417 e. The number of alkyl halides is 3. The van der Waals surface area contributed by atoms with Crippen molar-refractivity contribution in [1.82, 2.24) is 0 Å². The Hall–Kier alpha value is -1.23. The summed E-state index contributed by atoms with van der Waals surface area (Å²) in [5.74, 6) is 0.00160. The maximum atomic E-state index is 12.6. The van der Waals surface area contributed by atoms with Gasteiger partial charge in [-0.05, 0) is 30.0 Å². The van der Waals surface area contributed by atoms with Crippen molar-refractivity contribution in [1.29, 1.82) is 0 Å². The van der Waals surface area contributed by atoms with E-state index in [2.05, 4.69) is 0 Å². The van der Waals surface area contributed by atoms with Crippen molar-refractivity contribution < 1.29 is 23.4 Å². The van der Waals surface area contributed by atoms with Gasteiger partial charge in [-0.1, -0.05) is 12.1 Å². The summed E-state index contributed by atoms with van der Waals surface area (Å²) in [6.07, 6.45) is -5.48. The van der Waals surface area contributed by atoms with Gasteiger partial charge in [-0.3, -0.25) is 0 Å². The predicted molar refractivity (Wildman–Crippen MR) is 51.1 cm³/mol. The minimum absolute atomic E-state index is 0.00160. The summed E-state index contributed by atoms with van der Waals surface area (Å²) < 4.78 is 37.8. The van der Waals surface area contributed by atoms with E-state index < -0.39 is 24.6 Å². The molecular weight excluding hydrogens is 221 g/mol. The average Bonchev–Trinajstić information content (AvgIpc) is 2.16. The Morgan fingerprint density at radius 1 is 1.25 bits per heavy atom. The van der Waals surface area contributed by atoms with Crippen LogP contribution in [-0.2, 0) is 12.8 Å². The van der Waals surface area contributed by atoms with Crippen molar-refractivity contribution in [2.45, 2.75) is 31.0 Å². The van der Waals surface area contributed by atoms with Gasteiger partial charge in [0.25, 0.3) is 0 Å². The summed E-state index contributed by atoms with van der Waals surface area (Å²) in [5.41, 5.74) is -1.78. The molecule has 0 saturated heterocycles. The molecule has 2 rings (SSSR count). The second-order valence-electron chi connectivity index (χ2n) is 4.12. The number of halogens is 3. The van der Waals surface area contributed by atoms with Gasteiger partial charge in [0, 0.05) is 6.42 Å². The first-order chi connectivity index (χ1) is 7.33. The van der Waals surface area contributed by atoms with E-state index in [0.717, 1.165) is 0 Å². The highest BCUT2D eigenvalue weighted by molar-refractivity contribution is 5.42. The molecule has 1 aromatic carbocycles. The lowest BCUT2D eigenvalue weighted by Gasteiger charge is -2.35. The first kappa shape index (κ1) is 11.3. The van der Waals surface area contributed by atoms with E-state index in [0.29, 0.717) is 11.1 Å². The normalized spacial score (nSPS) is 25.2. The van der Waals surface area contributed by atoms with Crippen LogP contribution in [0.15, 0.2) is 18.2 Å². The maximum absolute atomic E-state index is 12.6. The lowest BCUT2D eigenvalue weighted by Crippen LogP contribution is -2.49. The van der Waals surface area contributed by atoms with Gasteiger partial charge in [0.2, 0.25) is 0 Å². The third kappa shape index (κ3) is 1.65. The number of phenolic OH excluding ortho intramolecular Hbond substituents is 1. The summed E-state index contributed by atoms with van der Waals surface area (Å²) >= 11 is 0. The zero-order chi connectivity index (χ0) is 12.0. The molecule has 0 fully saturated rings. The molecule has 1 aliphatic rings. The van der Waals surface area contributed by atoms with Crippen molar-refractivity contribution in [3.05, 3.63) is 29.3 Å². The van der Waals surface area contributed by atoms with Crippen LogP contribution in [0.4, 0.5) is 13.2 Å². The summed E-state index contributed by atoms with van der Waals surface area (Å²) in [5, 5.41) is 19.0. The van der Waals surface area contributed by atoms with Gasteiger partial charge in [0.1, 0.15) is 5.75 Å². The van der Waals surface area contributed by atoms with Gasteiger partial charge in [0.05, 0.1) is 0 Å². The Labute approximate surface area is 90.3 Å². The van der Waals surface area contributed by atoms with E-state index in [1.54, 1.807) is 0 Å². The lowest BCUT2D eigenvalue weighted by molar-refractivity contribution is -0.263. The second-order valence-corrected chi connectivity index (χ2v) is 4.12. The molecule has 1 aliphatic carbocycles. The van der Waals surface area contributed by atoms with Crippen LogP contribution in [0.2, 0.25) is 0 Å². The third-order valence-corrected chi connectivity index (χ3v) is 3.05. The number of fused-ring (bicyclic) bond motifs is 1. The summed E-state index contributed by atoms with van der Waals surface area (Å²) in [6, 6.07) is 4.43. The van der Waals surface area contributed by atoms with Gasteiger partial charge in [-0.25, -0.2) is 0 Å². The molecule has 0 saturated carbocycles. The van der Waals surface area contributed by atoms with Crippen molar-refractivity contribution in [3.8, 4) is 5.75 Å². The van der Waals surface area contributed by atoms with Crippen LogP contribution >= 0.6 is 0 Å². The molecule has 16 heavy (non-hydrogen) atoms. The fourth-order valence-electron chi connectivity index (χ4n) is 2.05. The zero-order valence-electron chi connectivity index (χ0n) is 8.38. The summed E-state index contributed by atoms with van der Waals surface area (Å²) in [7, 11) is 0. The maximum Gasteiger partial charge on any atom is 0.417 e. The van der Waals surface area contributed by atoms with Crippen molar-refractivity contribution in [2.75, 3.05) is 0 Å². The highest BCUT2D eigenvalue weighted by Gasteiger charge is 2.54. The topological polar surface area (TPSA) is 40.5 Å². The van der Waals surface area contributed by atoms with E-state index in [-0.39, 0.29) is 12.2 Å². The average molecular weight is 232 g/mol. The highest BCUT2D eigenvalue weighted by Crippen LogP contribution is 2.42. The van der Waals surface area contributed by atoms with E-state index in [1.165, 1.54) is 18.2 Å². The van der Waals surface area contributed by atoms with E-state index >= 15 is 0 Å². The molecule has 2 N–H and O–H groups in total. The first-order valence-corrected chi connectivity index (χ1v) is 4.92. The molecule has 5 heteroatoms. The number of benzene rings is 1. The number of hydrogen-bond acceptors (Lipinski definition) is 2. The Balaban J connectivity index is 2.38. The molecule has 2 nitrogen and oxygen atoms in total. The quantitative estimate of drug-likeness (QED) is 0.719. The Bertz CT molecular complexity index is 414. The molecule has 1 atom stereocenters. The zero-order valence-corrected chi connectivity index (χ0v) is 8.38. The van der Waals surface area contributed by atoms with Crippen LogP contribution < -0.4 is 0 Å². The number of aliphatic hydroxyl groups is 1. The molecule has 1 unspecified atom stereocenters. The molecule has 88 valence electrons. The van der Waals surface area contributed by atoms with Crippen LogP contribution in [-0.4, -0.2) is 22.0 Å². The summed E-state index contributed by atoms with van der Waals surface area (Å²) in [4.78, 5) is 0. The molecule has 0 spiro atoms. The van der Waals surface area contributed by atoms with E-state index in [4.69, 9.17) is 0 Å². The minimum atomic E-state index is -4.63. The standard InChI is InChI=1S/C11H11F3O2/c12-11(13,14)10(16)5-4-8-7(6-10)2-1-3-9(8)15/h1-3,15-16H,4-6H2. The number of phenols is 1. The van der Waals surface area contributed by atoms with Crippen molar-refractivity contribution in [2.24, 2.45) is 0 Å². The van der Waals surface area contributed by atoms with Crippen LogP contribution in [0.5, 0.6) is 5.75 Å². The van der Waals surface area contributed by atoms with E-state index in [1.807, 2.05) is 0 Å². The second kappa shape index (κ2) is 3.38. The number of hydrogen-bond donors (Lipinski definition) is 2. The van der Waals surface area contributed by atoms with Crippen molar-refractivity contribution >= 4 is 0 Å². The lowest BCUT2D eigenvalue weighted by atomic mass is 9.79. The Kier molecular flexibility index (Phi) is 2.38. The van der Waals surface area contributed by atoms with Crippen LogP contribution in [0.25, 0.3) is 0 Å². The number of aromatic hydroxyl groups is 1. The van der Waals surface area contributed by atoms with Gasteiger partial charge in [-0.2, -0.15) is 13.2 Å². The van der Waals surface area contributed by atoms with Crippen LogP contribution in [0.3, 0.4) is 0 Å². The molecule has 0 amide bonds. The van der Waals surface area contributed by atoms with Gasteiger partial charge in [0.15, 0.2) is 5.60 Å². The molecule has 1 aromatic rings. The molecule has 0 aliphatic heterocycles. The fourth-order valence-corrected chi connectivity index (χ4v) is 2.05. The number of rotatable bonds is 0. The largest absolute Gasteiger partial charge is 0.508 e. The van der Waals surface area contributed by atoms with Crippen LogP contribution in [0.1, 0.15) is 17.5 Å². The molecule has 0 heterocycles. The van der Waals surface area contributed by atoms with Crippen LogP contribution in [0, 0.1) is 0 Å². The molecular formula is C11H11F3O2. The Morgan fingerprint density at radius 3 is 2.56 bits per heavy atom. The van der Waals surface area contributed by atoms with E-state index in [9.17, 15) is 23.4 Å². The fraction of sp³-hybridized carbons (Fsp3) is 0.455. The summed E-state index contributed by atoms with van der Waals surface area (Å²) in [6.45, 7) is 0. The Morgan fingerprint density at radius 2 is 1.94 bits per heavy atom. The monoisotopic (exact) mass is 232 g/mol. The molecule has 0 aromatic heterocycles. The van der Waals surface area contributed by atoms with Crippen molar-refractivity contribution in [3.63, 3.8) is 0 Å². The highest BCUT2D eigenvalue weighted by atomic mass is 19.4. The van der Waals surface area contributed by atoms with Gasteiger partial charge >= 0.3 is 6.18 Å². The molecule has 0 bridgehead atoms. The SMILES string of the molecule is Oc1cccc2c1CCC(O)(C(F)(F)F)C2. The molecule has 0 radical (unpaired) electrons. The third-order valence-electron chi connectivity index (χ3n) is 3.05. The van der Waals surface area contributed by atoms with Gasteiger partial charge in [-0.15, -0.1) is 0 Å². The van der Waals surface area contributed by atoms with Gasteiger partial charge < -0.3 is 10.2 Å². The first-order valence-electron chi connectivity index (χ1n) is 4.92.